The van der Waals surface area contributed by atoms with E-state index in [-0.39, 0.29) is 18.2 Å². The average molecular weight is 801 g/mol. The first-order valence-corrected chi connectivity index (χ1v) is 17.5. The number of benzodiazepines with no additional fused rings is 2. The van der Waals surface area contributed by atoms with Crippen molar-refractivity contribution in [3.8, 4) is 0 Å². The molecule has 0 fully saturated rings. The van der Waals surface area contributed by atoms with Crippen LogP contribution < -0.4 is 20.9 Å². The Hall–Kier alpha value is -6.81. The normalized spacial score (nSPS) is 16.7. The van der Waals surface area contributed by atoms with Gasteiger partial charge in [0, 0.05) is 36.3 Å². The van der Waals surface area contributed by atoms with E-state index in [0.29, 0.717) is 39.3 Å². The first-order valence-electron chi connectivity index (χ1n) is 17.5. The number of carbonyl (C=O) groups is 3. The van der Waals surface area contributed by atoms with Crippen molar-refractivity contribution in [1.82, 2.24) is 5.32 Å². The monoisotopic (exact) mass is 800 g/mol. The minimum absolute atomic E-state index is 0.000869. The molecule has 0 saturated heterocycles. The smallest absolute Gasteiger partial charge is 0.416 e. The number of para-hydroxylation sites is 2. The summed E-state index contributed by atoms with van der Waals surface area (Å²) >= 11 is 0. The zero-order valence-electron chi connectivity index (χ0n) is 30.8. The molecule has 16 heteroatoms. The number of nitrogens with one attached hydrogen (secondary N) is 1. The molecule has 0 spiro atoms. The van der Waals surface area contributed by atoms with E-state index in [4.69, 9.17) is 10.5 Å². The summed E-state index contributed by atoms with van der Waals surface area (Å²) in [7, 11) is 3.13. The predicted molar refractivity (Wildman–Crippen MR) is 205 cm³/mol. The van der Waals surface area contributed by atoms with Gasteiger partial charge in [0.15, 0.2) is 6.17 Å². The number of alkyl carbamates (subject to hydrolysis) is 1. The van der Waals surface area contributed by atoms with Crippen LogP contribution in [0.3, 0.4) is 0 Å². The zero-order chi connectivity index (χ0) is 41.8. The standard InChI is InChI=1S/C25H20F3N3O3.C17H14F3N3O/c1-31-20-10-6-5-9-19(20)21(17-11-13-18(14-12-17)25(26,27)28)29-22(23(31)32)30-24(33)34-15-16-7-3-2-4-8-16;1-23-13-5-3-2-4-12(13)14(22-15(21)16(23)24)10-6-8-11(9-7-10)17(18,19)20/h2-14,22H,15H2,1H3,(H,30,33);2-9,15H,21H2,1H3/t22-;15-/m10/s1. The number of likely N-dealkylation sites (N-methyl/N-ethyl adjacent to an activating group) is 2. The molecular weight excluding hydrogens is 766 g/mol. The SMILES string of the molecule is CN1C(=O)[C@@H](N)N=C(c2ccc(C(F)(F)F)cc2)c2ccccc21.CN1C(=O)[C@@H](NC(=O)OCc2ccccc2)N=C(c2ccc(C(F)(F)F)cc2)c2ccccc21. The van der Waals surface area contributed by atoms with Crippen molar-refractivity contribution in [2.75, 3.05) is 23.9 Å². The van der Waals surface area contributed by atoms with Crippen LogP contribution in [0.15, 0.2) is 137 Å². The number of hydrogen-bond acceptors (Lipinski definition) is 7. The number of amides is 3. The van der Waals surface area contributed by atoms with Crippen LogP contribution in [-0.4, -0.2) is 55.8 Å². The molecule has 7 rings (SSSR count). The van der Waals surface area contributed by atoms with Gasteiger partial charge in [-0.1, -0.05) is 91.0 Å². The van der Waals surface area contributed by atoms with Gasteiger partial charge in [0.25, 0.3) is 11.8 Å². The molecule has 3 amide bonds. The van der Waals surface area contributed by atoms with Crippen LogP contribution in [0.25, 0.3) is 0 Å². The van der Waals surface area contributed by atoms with Crippen molar-refractivity contribution in [2.24, 2.45) is 15.7 Å². The Labute approximate surface area is 328 Å². The lowest BCUT2D eigenvalue weighted by molar-refractivity contribution is -0.138. The Morgan fingerprint density at radius 2 is 1.07 bits per heavy atom. The number of halogens is 6. The lowest BCUT2D eigenvalue weighted by atomic mass is 9.99. The number of aliphatic imine (C=N–C) groups is 2. The summed E-state index contributed by atoms with van der Waals surface area (Å²) in [6, 6.07) is 32.1. The van der Waals surface area contributed by atoms with Crippen LogP contribution in [0, 0.1) is 0 Å². The number of nitrogens with zero attached hydrogens (tertiary/aromatic N) is 4. The molecular formula is C42H34F6N6O4. The first-order chi connectivity index (χ1) is 27.5. The molecule has 2 aliphatic heterocycles. The molecule has 0 radical (unpaired) electrons. The number of ether oxygens (including phenoxy) is 1. The molecule has 10 nitrogen and oxygen atoms in total. The van der Waals surface area contributed by atoms with Gasteiger partial charge in [-0.15, -0.1) is 0 Å². The molecule has 58 heavy (non-hydrogen) atoms. The maximum atomic E-state index is 13.1. The van der Waals surface area contributed by atoms with Crippen LogP contribution >= 0.6 is 0 Å². The second-order valence-corrected chi connectivity index (χ2v) is 13.0. The van der Waals surface area contributed by atoms with Crippen LogP contribution in [-0.2, 0) is 33.3 Å². The summed E-state index contributed by atoms with van der Waals surface area (Å²) in [6.45, 7) is -0.000869. The lowest BCUT2D eigenvalue weighted by Crippen LogP contribution is -2.46. The van der Waals surface area contributed by atoms with Gasteiger partial charge >= 0.3 is 18.4 Å². The van der Waals surface area contributed by atoms with E-state index in [0.717, 1.165) is 29.8 Å². The minimum atomic E-state index is -4.48. The van der Waals surface area contributed by atoms with Crippen LogP contribution in [0.4, 0.5) is 42.5 Å². The maximum absolute atomic E-state index is 13.1. The Morgan fingerprint density at radius 3 is 1.55 bits per heavy atom. The van der Waals surface area contributed by atoms with Gasteiger partial charge < -0.3 is 20.3 Å². The highest BCUT2D eigenvalue weighted by molar-refractivity contribution is 6.21. The third kappa shape index (κ3) is 9.08. The molecule has 0 unspecified atom stereocenters. The zero-order valence-corrected chi connectivity index (χ0v) is 30.8. The molecule has 2 heterocycles. The average Bonchev–Trinajstić information content (AvgIpc) is 3.38. The fourth-order valence-corrected chi connectivity index (χ4v) is 6.13. The highest BCUT2D eigenvalue weighted by atomic mass is 19.4. The van der Waals surface area contributed by atoms with Crippen molar-refractivity contribution in [1.29, 1.82) is 0 Å². The third-order valence-electron chi connectivity index (χ3n) is 9.15. The van der Waals surface area contributed by atoms with Gasteiger partial charge in [-0.2, -0.15) is 26.3 Å². The van der Waals surface area contributed by atoms with E-state index < -0.39 is 47.8 Å². The van der Waals surface area contributed by atoms with Crippen molar-refractivity contribution >= 4 is 40.7 Å². The number of rotatable bonds is 5. The molecule has 2 aliphatic rings. The number of nitrogens with two attached hydrogens (primary N) is 1. The minimum Gasteiger partial charge on any atom is -0.445 e. The number of carbonyl (C=O) groups excluding carboxylic acids is 3. The lowest BCUT2D eigenvalue weighted by Gasteiger charge is -2.20. The molecule has 0 bridgehead atoms. The van der Waals surface area contributed by atoms with Crippen molar-refractivity contribution < 1.29 is 45.5 Å². The molecule has 2 atom stereocenters. The topological polar surface area (TPSA) is 130 Å². The summed E-state index contributed by atoms with van der Waals surface area (Å²) in [4.78, 5) is 49.1. The fraction of sp³-hybridized carbons (Fsp3) is 0.167. The van der Waals surface area contributed by atoms with Gasteiger partial charge in [0.05, 0.1) is 33.9 Å². The number of alkyl halides is 6. The first kappa shape index (κ1) is 40.8. The summed E-state index contributed by atoms with van der Waals surface area (Å²) in [5.74, 6) is -0.907. The van der Waals surface area contributed by atoms with Gasteiger partial charge in [0.1, 0.15) is 6.61 Å². The van der Waals surface area contributed by atoms with E-state index in [9.17, 15) is 40.7 Å². The van der Waals surface area contributed by atoms with Gasteiger partial charge in [0.2, 0.25) is 6.17 Å². The molecule has 0 aliphatic carbocycles. The quantitative estimate of drug-likeness (QED) is 0.177. The number of hydrogen-bond donors (Lipinski definition) is 2. The van der Waals surface area contributed by atoms with E-state index in [2.05, 4.69) is 15.3 Å². The number of benzene rings is 5. The van der Waals surface area contributed by atoms with Crippen LogP contribution in [0.1, 0.15) is 38.9 Å². The Morgan fingerprint density at radius 1 is 0.638 bits per heavy atom. The van der Waals surface area contributed by atoms with Gasteiger partial charge in [-0.25, -0.2) is 9.79 Å². The van der Waals surface area contributed by atoms with E-state index >= 15 is 0 Å². The van der Waals surface area contributed by atoms with Crippen molar-refractivity contribution in [2.45, 2.75) is 31.3 Å². The summed E-state index contributed by atoms with van der Waals surface area (Å²) < 4.78 is 82.5. The Kier molecular flexibility index (Phi) is 11.8. The molecule has 0 aromatic heterocycles. The van der Waals surface area contributed by atoms with Gasteiger partial charge in [-0.05, 0) is 42.0 Å². The predicted octanol–water partition coefficient (Wildman–Crippen LogP) is 7.58. The summed E-state index contributed by atoms with van der Waals surface area (Å²) in [5, 5.41) is 2.46. The van der Waals surface area contributed by atoms with Crippen LogP contribution in [0.2, 0.25) is 0 Å². The largest absolute Gasteiger partial charge is 0.445 e. The molecule has 3 N–H and O–H groups in total. The molecule has 5 aromatic rings. The highest BCUT2D eigenvalue weighted by Crippen LogP contribution is 2.33. The number of anilines is 2. The van der Waals surface area contributed by atoms with Gasteiger partial charge in [-0.3, -0.25) is 19.9 Å². The second kappa shape index (κ2) is 16.7. The van der Waals surface area contributed by atoms with E-state index in [1.165, 1.54) is 41.1 Å². The summed E-state index contributed by atoms with van der Waals surface area (Å²) in [5.41, 5.74) is 8.84. The van der Waals surface area contributed by atoms with Crippen molar-refractivity contribution in [3.63, 3.8) is 0 Å². The highest BCUT2D eigenvalue weighted by Gasteiger charge is 2.34. The Balaban J connectivity index is 0.000000208. The molecule has 5 aromatic carbocycles. The van der Waals surface area contributed by atoms with Crippen molar-refractivity contribution in [3.05, 3.63) is 166 Å². The van der Waals surface area contributed by atoms with E-state index in [1.807, 2.05) is 6.07 Å². The third-order valence-corrected chi connectivity index (χ3v) is 9.15. The fourth-order valence-electron chi connectivity index (χ4n) is 6.13. The second-order valence-electron chi connectivity index (χ2n) is 13.0. The summed E-state index contributed by atoms with van der Waals surface area (Å²) in [6.07, 6.45) is -12.2. The van der Waals surface area contributed by atoms with Crippen LogP contribution in [0.5, 0.6) is 0 Å². The number of fused-ring (bicyclic) bond motifs is 2. The maximum Gasteiger partial charge on any atom is 0.416 e. The molecule has 298 valence electrons. The molecule has 0 saturated carbocycles. The Bertz CT molecular complexity index is 2370. The van der Waals surface area contributed by atoms with E-state index in [1.54, 1.807) is 79.8 Å².